The number of carbonyl (C=O) groups is 3. The normalized spacial score (nSPS) is 17.5. The second-order valence-corrected chi connectivity index (χ2v) is 9.15. The topological polar surface area (TPSA) is 164 Å². The van der Waals surface area contributed by atoms with Crippen LogP contribution in [-0.4, -0.2) is 96.6 Å². The van der Waals surface area contributed by atoms with Gasteiger partial charge in [0.15, 0.2) is 6.29 Å². The first-order valence-corrected chi connectivity index (χ1v) is 12.2. The van der Waals surface area contributed by atoms with Gasteiger partial charge in [-0.2, -0.15) is 5.26 Å². The number of aromatic nitrogens is 2. The van der Waals surface area contributed by atoms with E-state index < -0.39 is 12.1 Å². The number of amides is 3. The third-order valence-corrected chi connectivity index (χ3v) is 6.49. The van der Waals surface area contributed by atoms with Gasteiger partial charge in [0.05, 0.1) is 30.5 Å². The molecule has 1 atom stereocenters. The molecule has 0 spiro atoms. The van der Waals surface area contributed by atoms with Gasteiger partial charge in [-0.25, -0.2) is 14.8 Å². The lowest BCUT2D eigenvalue weighted by Gasteiger charge is -2.34. The molecule has 0 radical (unpaired) electrons. The fourth-order valence-corrected chi connectivity index (χ4v) is 4.40. The number of ether oxygens (including phenoxy) is 1. The van der Waals surface area contributed by atoms with E-state index in [1.54, 1.807) is 24.1 Å². The van der Waals surface area contributed by atoms with Gasteiger partial charge in [0.1, 0.15) is 23.4 Å². The number of fused-ring (bicyclic) bond motifs is 1. The van der Waals surface area contributed by atoms with Gasteiger partial charge in [-0.3, -0.25) is 24.7 Å². The number of aliphatic hydroxyl groups is 1. The van der Waals surface area contributed by atoms with E-state index in [9.17, 15) is 24.8 Å². The summed E-state index contributed by atoms with van der Waals surface area (Å²) in [6, 6.07) is 4.70. The number of nitrogens with one attached hydrogen (secondary N) is 2. The molecule has 200 valence electrons. The van der Waals surface area contributed by atoms with Crippen molar-refractivity contribution < 1.29 is 24.2 Å². The zero-order chi connectivity index (χ0) is 27.2. The van der Waals surface area contributed by atoms with Gasteiger partial charge < -0.3 is 20.1 Å². The Bertz CT molecular complexity index is 1260. The van der Waals surface area contributed by atoms with Crippen LogP contribution in [0.25, 0.3) is 0 Å². The Kier molecular flexibility index (Phi) is 8.47. The smallest absolute Gasteiger partial charge is 0.328 e. The van der Waals surface area contributed by atoms with Crippen molar-refractivity contribution in [3.8, 4) is 6.07 Å². The van der Waals surface area contributed by atoms with Crippen molar-refractivity contribution in [2.45, 2.75) is 19.1 Å². The number of rotatable bonds is 8. The van der Waals surface area contributed by atoms with Crippen molar-refractivity contribution in [3.63, 3.8) is 0 Å². The van der Waals surface area contributed by atoms with Crippen LogP contribution in [0.4, 0.5) is 22.1 Å². The molecule has 13 heteroatoms. The van der Waals surface area contributed by atoms with Gasteiger partial charge in [-0.05, 0) is 19.5 Å². The van der Waals surface area contributed by atoms with Crippen molar-refractivity contribution in [2.24, 2.45) is 0 Å². The summed E-state index contributed by atoms with van der Waals surface area (Å²) in [6.07, 6.45) is 1.33. The molecule has 2 aliphatic heterocycles. The zero-order valence-electron chi connectivity index (χ0n) is 21.3. The Balaban J connectivity index is 1.57. The van der Waals surface area contributed by atoms with Crippen LogP contribution < -0.4 is 15.5 Å². The molecule has 2 aromatic heterocycles. The number of pyridine rings is 2. The molecule has 1 saturated heterocycles. The minimum absolute atomic E-state index is 0.0548. The molecule has 0 aliphatic carbocycles. The summed E-state index contributed by atoms with van der Waals surface area (Å²) in [6.45, 7) is 2.76. The Labute approximate surface area is 220 Å². The number of carbonyl (C=O) groups excluding carboxylic acids is 3. The number of nitriles is 1. The van der Waals surface area contributed by atoms with E-state index in [0.29, 0.717) is 61.4 Å². The van der Waals surface area contributed by atoms with E-state index in [0.717, 1.165) is 0 Å². The minimum Gasteiger partial charge on any atom is -0.388 e. The molecular formula is C25H30N8O5. The van der Waals surface area contributed by atoms with Crippen LogP contribution in [0.5, 0.6) is 0 Å². The fourth-order valence-electron chi connectivity index (χ4n) is 4.40. The van der Waals surface area contributed by atoms with Crippen LogP contribution in [0.15, 0.2) is 18.3 Å². The largest absolute Gasteiger partial charge is 0.388 e. The predicted molar refractivity (Wildman–Crippen MR) is 138 cm³/mol. The second kappa shape index (κ2) is 12.0. The van der Waals surface area contributed by atoms with Crippen LogP contribution in [0, 0.1) is 11.3 Å². The summed E-state index contributed by atoms with van der Waals surface area (Å²) >= 11 is 0. The number of hydrogen-bond acceptors (Lipinski definition) is 10. The van der Waals surface area contributed by atoms with Crippen molar-refractivity contribution in [2.75, 3.05) is 69.0 Å². The number of piperazine rings is 1. The molecule has 0 aromatic carbocycles. The molecule has 4 heterocycles. The summed E-state index contributed by atoms with van der Waals surface area (Å²) in [5.41, 5.74) is 1.83. The Morgan fingerprint density at radius 3 is 2.87 bits per heavy atom. The molecule has 38 heavy (non-hydrogen) atoms. The molecule has 3 amide bonds. The van der Waals surface area contributed by atoms with E-state index in [2.05, 4.69) is 20.6 Å². The summed E-state index contributed by atoms with van der Waals surface area (Å²) < 4.78 is 5.02. The summed E-state index contributed by atoms with van der Waals surface area (Å²) in [5, 5.41) is 25.8. The van der Waals surface area contributed by atoms with Crippen LogP contribution in [0.3, 0.4) is 0 Å². The lowest BCUT2D eigenvalue weighted by Crippen LogP contribution is -2.48. The average molecular weight is 523 g/mol. The Morgan fingerprint density at radius 1 is 1.34 bits per heavy atom. The molecule has 1 unspecified atom stereocenters. The third kappa shape index (κ3) is 5.88. The van der Waals surface area contributed by atoms with Crippen LogP contribution in [0.2, 0.25) is 0 Å². The molecule has 4 rings (SSSR count). The van der Waals surface area contributed by atoms with Crippen molar-refractivity contribution >= 4 is 35.5 Å². The summed E-state index contributed by atoms with van der Waals surface area (Å²) in [4.78, 5) is 51.1. The second-order valence-electron chi connectivity index (χ2n) is 9.15. The van der Waals surface area contributed by atoms with Crippen LogP contribution in [-0.2, 0) is 16.1 Å². The highest BCUT2D eigenvalue weighted by Gasteiger charge is 2.32. The Hall–Kier alpha value is -4.12. The molecule has 13 nitrogen and oxygen atoms in total. The molecule has 3 N–H and O–H groups in total. The molecule has 1 fully saturated rings. The van der Waals surface area contributed by atoms with Crippen molar-refractivity contribution in [1.82, 2.24) is 19.8 Å². The highest BCUT2D eigenvalue weighted by Crippen LogP contribution is 2.34. The highest BCUT2D eigenvalue weighted by molar-refractivity contribution is 6.02. The Morgan fingerprint density at radius 2 is 2.16 bits per heavy atom. The summed E-state index contributed by atoms with van der Waals surface area (Å²) in [7, 11) is 3.44. The van der Waals surface area contributed by atoms with Gasteiger partial charge in [-0.15, -0.1) is 0 Å². The number of methoxy groups -OCH3 is 1. The van der Waals surface area contributed by atoms with Gasteiger partial charge >= 0.3 is 6.03 Å². The molecule has 2 aliphatic rings. The van der Waals surface area contributed by atoms with E-state index in [1.807, 2.05) is 18.0 Å². The maximum atomic E-state index is 13.2. The third-order valence-electron chi connectivity index (χ3n) is 6.49. The molecule has 2 aromatic rings. The van der Waals surface area contributed by atoms with Gasteiger partial charge in [0.2, 0.25) is 5.91 Å². The van der Waals surface area contributed by atoms with Gasteiger partial charge in [0, 0.05) is 63.2 Å². The first kappa shape index (κ1) is 26.9. The highest BCUT2D eigenvalue weighted by atomic mass is 16.5. The van der Waals surface area contributed by atoms with E-state index in [1.165, 1.54) is 11.1 Å². The quantitative estimate of drug-likeness (QED) is 0.336. The number of hydrogen-bond donors (Lipinski definition) is 3. The maximum absolute atomic E-state index is 13.2. The molecule has 0 bridgehead atoms. The standard InChI is InChI=1S/C25H30N8O5/c1-31-6-7-32(23(36)14-31)13-16-9-18-21(35)3-5-33(24(18)29-20(16)15-34)25(37)30-22-10-19(27-4-8-38-2)17(11-26)12-28-22/h9-10,12,15,21,35H,3-8,13-14H2,1-2H3,(H2,27,28,30,37). The van der Waals surface area contributed by atoms with E-state index in [-0.39, 0.29) is 42.7 Å². The predicted octanol–water partition coefficient (Wildman–Crippen LogP) is 0.969. The monoisotopic (exact) mass is 522 g/mol. The number of aldehydes is 1. The van der Waals surface area contributed by atoms with Gasteiger partial charge in [-0.1, -0.05) is 0 Å². The van der Waals surface area contributed by atoms with Crippen molar-refractivity contribution in [3.05, 3.63) is 40.7 Å². The average Bonchev–Trinajstić information content (AvgIpc) is 2.90. The lowest BCUT2D eigenvalue weighted by atomic mass is 9.99. The lowest BCUT2D eigenvalue weighted by molar-refractivity contribution is -0.136. The number of likely N-dealkylation sites (N-methyl/N-ethyl adjacent to an activating group) is 1. The van der Waals surface area contributed by atoms with Crippen LogP contribution in [0.1, 0.15) is 39.7 Å². The van der Waals surface area contributed by atoms with Crippen LogP contribution >= 0.6 is 0 Å². The summed E-state index contributed by atoms with van der Waals surface area (Å²) in [5.74, 6) is 0.326. The number of nitrogens with zero attached hydrogens (tertiary/aromatic N) is 6. The van der Waals surface area contributed by atoms with Crippen molar-refractivity contribution in [1.29, 1.82) is 5.26 Å². The molecule has 0 saturated carbocycles. The minimum atomic E-state index is -0.881. The first-order chi connectivity index (χ1) is 18.3. The SMILES string of the molecule is COCCNc1cc(NC(=O)N2CCC(O)c3cc(CN4CCN(C)CC4=O)c(C=O)nc32)ncc1C#N. The number of aliphatic hydroxyl groups excluding tert-OH is 1. The number of urea groups is 1. The fraction of sp³-hybridized carbons (Fsp3) is 0.440. The van der Waals surface area contributed by atoms with E-state index in [4.69, 9.17) is 4.74 Å². The van der Waals surface area contributed by atoms with Gasteiger partial charge in [0.25, 0.3) is 0 Å². The van der Waals surface area contributed by atoms with E-state index >= 15 is 0 Å². The molecular weight excluding hydrogens is 492 g/mol. The maximum Gasteiger partial charge on any atom is 0.328 e. The number of anilines is 3. The zero-order valence-corrected chi connectivity index (χ0v) is 21.3. The first-order valence-electron chi connectivity index (χ1n) is 12.2.